The van der Waals surface area contributed by atoms with Crippen LogP contribution in [0.4, 0.5) is 0 Å². The Morgan fingerprint density at radius 1 is 1.03 bits per heavy atom. The molecule has 0 heterocycles. The van der Waals surface area contributed by atoms with Crippen LogP contribution in [0.2, 0.25) is 0 Å². The molecule has 0 aliphatic carbocycles. The van der Waals surface area contributed by atoms with Gasteiger partial charge in [-0.3, -0.25) is 4.79 Å². The topological polar surface area (TPSA) is 72.5 Å². The quantitative estimate of drug-likeness (QED) is 0.543. The summed E-state index contributed by atoms with van der Waals surface area (Å²) in [6, 6.07) is 19.2. The van der Waals surface area contributed by atoms with Crippen LogP contribution in [-0.2, 0) is 19.6 Å². The van der Waals surface area contributed by atoms with Crippen molar-refractivity contribution in [1.29, 1.82) is 0 Å². The zero-order valence-corrected chi connectivity index (χ0v) is 17.9. The van der Waals surface area contributed by atoms with Crippen molar-refractivity contribution in [3.05, 3.63) is 84.4 Å². The number of rotatable bonds is 8. The number of carbonyl (C=O) groups excluding carboxylic acids is 1. The highest BCUT2D eigenvalue weighted by Gasteiger charge is 2.27. The molecule has 1 atom stereocenters. The van der Waals surface area contributed by atoms with E-state index in [1.165, 1.54) is 12.1 Å². The summed E-state index contributed by atoms with van der Waals surface area (Å²) in [6.07, 6.45) is 0.0995. The zero-order chi connectivity index (χ0) is 21.7. The van der Waals surface area contributed by atoms with Gasteiger partial charge in [-0.1, -0.05) is 60.7 Å². The molecule has 3 aromatic carbocycles. The van der Waals surface area contributed by atoms with Gasteiger partial charge in [-0.25, -0.2) is 8.42 Å². The summed E-state index contributed by atoms with van der Waals surface area (Å²) in [7, 11) is -3.89. The largest absolute Gasteiger partial charge is 0.465 e. The van der Waals surface area contributed by atoms with E-state index in [2.05, 4.69) is 11.3 Å². The number of sulfonamides is 1. The number of ether oxygens (including phenoxy) is 1. The smallest absolute Gasteiger partial charge is 0.324 e. The molecule has 3 aromatic rings. The van der Waals surface area contributed by atoms with Gasteiger partial charge in [0.05, 0.1) is 11.5 Å². The first-order chi connectivity index (χ1) is 14.3. The first-order valence-corrected chi connectivity index (χ1v) is 11.2. The maximum Gasteiger partial charge on any atom is 0.324 e. The third kappa shape index (κ3) is 5.14. The van der Waals surface area contributed by atoms with E-state index in [-0.39, 0.29) is 17.9 Å². The van der Waals surface area contributed by atoms with Crippen LogP contribution >= 0.6 is 0 Å². The summed E-state index contributed by atoms with van der Waals surface area (Å²) in [5.74, 6) is -0.630. The number of fused-ring (bicyclic) bond motifs is 1. The molecule has 156 valence electrons. The second kappa shape index (κ2) is 9.24. The molecule has 0 bridgehead atoms. The number of esters is 1. The van der Waals surface area contributed by atoms with Crippen molar-refractivity contribution in [2.24, 2.45) is 0 Å². The predicted octanol–water partition coefficient (Wildman–Crippen LogP) is 4.46. The van der Waals surface area contributed by atoms with Crippen molar-refractivity contribution in [2.75, 3.05) is 6.61 Å². The molecule has 30 heavy (non-hydrogen) atoms. The van der Waals surface area contributed by atoms with Gasteiger partial charge in [0.1, 0.15) is 6.04 Å². The molecule has 0 unspecified atom stereocenters. The molecule has 6 heteroatoms. The highest BCUT2D eigenvalue weighted by atomic mass is 32.2. The number of nitrogens with one attached hydrogen (secondary N) is 1. The minimum Gasteiger partial charge on any atom is -0.465 e. The molecular weight excluding hydrogens is 398 g/mol. The van der Waals surface area contributed by atoms with Crippen molar-refractivity contribution >= 4 is 32.3 Å². The van der Waals surface area contributed by atoms with Crippen LogP contribution in [0.25, 0.3) is 16.3 Å². The van der Waals surface area contributed by atoms with E-state index in [4.69, 9.17) is 4.74 Å². The average Bonchev–Trinajstić information content (AvgIpc) is 2.73. The molecule has 5 nitrogen and oxygen atoms in total. The molecule has 0 saturated heterocycles. The molecule has 0 aliphatic heterocycles. The van der Waals surface area contributed by atoms with Gasteiger partial charge in [-0.2, -0.15) is 4.72 Å². The normalized spacial score (nSPS) is 12.5. The van der Waals surface area contributed by atoms with Crippen LogP contribution in [-0.4, -0.2) is 27.0 Å². The summed E-state index contributed by atoms with van der Waals surface area (Å²) < 4.78 is 33.2. The van der Waals surface area contributed by atoms with Crippen molar-refractivity contribution in [2.45, 2.75) is 31.2 Å². The first-order valence-electron chi connectivity index (χ1n) is 9.73. The van der Waals surface area contributed by atoms with E-state index in [0.717, 1.165) is 21.9 Å². The Kier molecular flexibility index (Phi) is 6.70. The Labute approximate surface area is 177 Å². The van der Waals surface area contributed by atoms with Gasteiger partial charge in [-0.05, 0) is 60.4 Å². The van der Waals surface area contributed by atoms with Crippen LogP contribution in [0.3, 0.4) is 0 Å². The predicted molar refractivity (Wildman–Crippen MR) is 120 cm³/mol. The number of aryl methyl sites for hydroxylation is 1. The molecule has 0 saturated carbocycles. The second-order valence-corrected chi connectivity index (χ2v) is 8.82. The summed E-state index contributed by atoms with van der Waals surface area (Å²) >= 11 is 0. The standard InChI is InChI=1S/C24H25NO4S/c1-4-29-24(26)23(25-30(27,28)22-13-9-17(2)10-14-22)15-18(3)20-12-11-19-7-5-6-8-21(19)16-20/h5-14,16,23,25H,3-4,15H2,1-2H3/t23-/m0/s1. The maximum absolute atomic E-state index is 12.8. The Balaban J connectivity index is 1.84. The number of carbonyl (C=O) groups is 1. The third-order valence-corrected chi connectivity index (χ3v) is 6.30. The van der Waals surface area contributed by atoms with Gasteiger partial charge in [0.25, 0.3) is 0 Å². The Bertz CT molecular complexity index is 1170. The highest BCUT2D eigenvalue weighted by Crippen LogP contribution is 2.24. The lowest BCUT2D eigenvalue weighted by atomic mass is 9.98. The van der Waals surface area contributed by atoms with Crippen LogP contribution < -0.4 is 4.72 Å². The van der Waals surface area contributed by atoms with Gasteiger partial charge in [0.2, 0.25) is 10.0 Å². The Morgan fingerprint density at radius 2 is 1.70 bits per heavy atom. The zero-order valence-electron chi connectivity index (χ0n) is 17.1. The summed E-state index contributed by atoms with van der Waals surface area (Å²) in [5.41, 5.74) is 2.43. The molecule has 0 spiro atoms. The van der Waals surface area contributed by atoms with E-state index < -0.39 is 22.0 Å². The van der Waals surface area contributed by atoms with Gasteiger partial charge in [0.15, 0.2) is 0 Å². The SMILES string of the molecule is C=C(C[C@H](NS(=O)(=O)c1ccc(C)cc1)C(=O)OCC)c1ccc2ccccc2c1. The fraction of sp³-hybridized carbons (Fsp3) is 0.208. The van der Waals surface area contributed by atoms with Gasteiger partial charge in [-0.15, -0.1) is 0 Å². The van der Waals surface area contributed by atoms with Crippen molar-refractivity contribution in [3.63, 3.8) is 0 Å². The molecule has 0 aromatic heterocycles. The summed E-state index contributed by atoms with van der Waals surface area (Å²) in [5, 5.41) is 2.14. The fourth-order valence-corrected chi connectivity index (χ4v) is 4.35. The van der Waals surface area contributed by atoms with Crippen LogP contribution in [0, 0.1) is 6.92 Å². The van der Waals surface area contributed by atoms with E-state index in [0.29, 0.717) is 5.57 Å². The Morgan fingerprint density at radius 3 is 2.37 bits per heavy atom. The fourth-order valence-electron chi connectivity index (χ4n) is 3.16. The van der Waals surface area contributed by atoms with Gasteiger partial charge < -0.3 is 4.74 Å². The van der Waals surface area contributed by atoms with Crippen LogP contribution in [0.1, 0.15) is 24.5 Å². The Hall–Kier alpha value is -2.96. The summed E-state index contributed by atoms with van der Waals surface area (Å²) in [6.45, 7) is 7.80. The van der Waals surface area contributed by atoms with Crippen molar-refractivity contribution in [3.8, 4) is 0 Å². The van der Waals surface area contributed by atoms with Crippen molar-refractivity contribution < 1.29 is 17.9 Å². The van der Waals surface area contributed by atoms with E-state index >= 15 is 0 Å². The van der Waals surface area contributed by atoms with Gasteiger partial charge >= 0.3 is 5.97 Å². The third-order valence-electron chi connectivity index (χ3n) is 4.81. The minimum atomic E-state index is -3.89. The van der Waals surface area contributed by atoms with Gasteiger partial charge in [0, 0.05) is 0 Å². The van der Waals surface area contributed by atoms with E-state index in [9.17, 15) is 13.2 Å². The van der Waals surface area contributed by atoms with E-state index in [1.54, 1.807) is 19.1 Å². The first kappa shape index (κ1) is 21.7. The lowest BCUT2D eigenvalue weighted by Gasteiger charge is -2.19. The monoisotopic (exact) mass is 423 g/mol. The van der Waals surface area contributed by atoms with Crippen LogP contribution in [0.15, 0.2) is 78.2 Å². The molecular formula is C24H25NO4S. The maximum atomic E-state index is 12.8. The van der Waals surface area contributed by atoms with Crippen LogP contribution in [0.5, 0.6) is 0 Å². The summed E-state index contributed by atoms with van der Waals surface area (Å²) in [4.78, 5) is 12.6. The highest BCUT2D eigenvalue weighted by molar-refractivity contribution is 7.89. The van der Waals surface area contributed by atoms with E-state index in [1.807, 2.05) is 49.4 Å². The molecule has 0 fully saturated rings. The number of benzene rings is 3. The second-order valence-electron chi connectivity index (χ2n) is 7.11. The van der Waals surface area contributed by atoms with Crippen molar-refractivity contribution in [1.82, 2.24) is 4.72 Å². The number of hydrogen-bond donors (Lipinski definition) is 1. The minimum absolute atomic E-state index is 0.0960. The molecule has 0 amide bonds. The molecule has 3 rings (SSSR count). The molecule has 0 aliphatic rings. The average molecular weight is 424 g/mol. The molecule has 0 radical (unpaired) electrons. The lowest BCUT2D eigenvalue weighted by Crippen LogP contribution is -2.42. The number of hydrogen-bond acceptors (Lipinski definition) is 4. The lowest BCUT2D eigenvalue weighted by molar-refractivity contribution is -0.144. The molecule has 1 N–H and O–H groups in total.